The van der Waals surface area contributed by atoms with Crippen LogP contribution in [0.3, 0.4) is 0 Å². The molecule has 0 aliphatic heterocycles. The van der Waals surface area contributed by atoms with E-state index in [-0.39, 0.29) is 23.1 Å². The molecule has 28 heavy (non-hydrogen) atoms. The molecular formula is C20H17F3N2O3. The number of halogens is 3. The van der Waals surface area contributed by atoms with Crippen LogP contribution in [-0.4, -0.2) is 17.0 Å². The summed E-state index contributed by atoms with van der Waals surface area (Å²) in [5, 5.41) is 2.44. The van der Waals surface area contributed by atoms with Crippen LogP contribution in [0.5, 0.6) is 5.75 Å². The zero-order chi connectivity index (χ0) is 20.1. The van der Waals surface area contributed by atoms with E-state index in [2.05, 4.69) is 16.9 Å². The number of aromatic nitrogens is 1. The minimum Gasteiger partial charge on any atom is -0.485 e. The average molecular weight is 390 g/mol. The fourth-order valence-electron chi connectivity index (χ4n) is 3.61. The number of carbonyl (C=O) groups is 1. The summed E-state index contributed by atoms with van der Waals surface area (Å²) in [6.45, 7) is 4.02. The van der Waals surface area contributed by atoms with E-state index in [0.29, 0.717) is 11.8 Å². The van der Waals surface area contributed by atoms with Crippen LogP contribution >= 0.6 is 0 Å². The summed E-state index contributed by atoms with van der Waals surface area (Å²) in [6, 6.07) is 5.37. The molecule has 1 heterocycles. The molecule has 2 aliphatic carbocycles. The van der Waals surface area contributed by atoms with Crippen molar-refractivity contribution in [2.45, 2.75) is 25.1 Å². The smallest absolute Gasteiger partial charge is 0.416 e. The van der Waals surface area contributed by atoms with Gasteiger partial charge >= 0.3 is 6.18 Å². The van der Waals surface area contributed by atoms with Gasteiger partial charge in [0.05, 0.1) is 11.1 Å². The highest BCUT2D eigenvalue weighted by molar-refractivity contribution is 6.06. The summed E-state index contributed by atoms with van der Waals surface area (Å²) in [6.07, 6.45) is -1.76. The van der Waals surface area contributed by atoms with Crippen LogP contribution in [0.25, 0.3) is 0 Å². The van der Waals surface area contributed by atoms with Gasteiger partial charge in [-0.15, -0.1) is 0 Å². The topological polar surface area (TPSA) is 71.2 Å². The molecular weight excluding hydrogens is 373 g/mol. The third kappa shape index (κ3) is 3.54. The van der Waals surface area contributed by atoms with E-state index in [0.717, 1.165) is 42.7 Å². The lowest BCUT2D eigenvalue weighted by Crippen LogP contribution is -2.21. The number of H-pyrrole nitrogens is 1. The molecule has 3 atom stereocenters. The number of nitrogens with one attached hydrogen (secondary N) is 2. The quantitative estimate of drug-likeness (QED) is 0.776. The van der Waals surface area contributed by atoms with Gasteiger partial charge in [-0.05, 0) is 54.5 Å². The van der Waals surface area contributed by atoms with E-state index < -0.39 is 23.2 Å². The van der Waals surface area contributed by atoms with Crippen LogP contribution in [0.4, 0.5) is 18.9 Å². The Morgan fingerprint density at radius 3 is 2.64 bits per heavy atom. The van der Waals surface area contributed by atoms with Crippen molar-refractivity contribution >= 4 is 11.6 Å². The van der Waals surface area contributed by atoms with Crippen LogP contribution in [0.2, 0.25) is 0 Å². The fourth-order valence-corrected chi connectivity index (χ4v) is 3.61. The molecule has 2 unspecified atom stereocenters. The SMILES string of the molecule is C=C1C(Oc2ccc(C(F)(F)F)cc2C(=O)Nc2cc[nH]c(=O)c2)C[C@H]2CC12. The number of benzene rings is 1. The van der Waals surface area contributed by atoms with Crippen molar-refractivity contribution < 1.29 is 22.7 Å². The summed E-state index contributed by atoms with van der Waals surface area (Å²) < 4.78 is 45.3. The fraction of sp³-hybridized carbons (Fsp3) is 0.300. The summed E-state index contributed by atoms with van der Waals surface area (Å²) in [5.41, 5.74) is -0.554. The van der Waals surface area contributed by atoms with Crippen molar-refractivity contribution in [1.29, 1.82) is 0 Å². The second-order valence-corrected chi connectivity index (χ2v) is 7.12. The Kier molecular flexibility index (Phi) is 4.28. The van der Waals surface area contributed by atoms with Crippen molar-refractivity contribution in [2.24, 2.45) is 11.8 Å². The number of pyridine rings is 1. The largest absolute Gasteiger partial charge is 0.485 e. The van der Waals surface area contributed by atoms with E-state index in [9.17, 15) is 22.8 Å². The van der Waals surface area contributed by atoms with Gasteiger partial charge in [-0.25, -0.2) is 0 Å². The van der Waals surface area contributed by atoms with E-state index >= 15 is 0 Å². The number of amides is 1. The van der Waals surface area contributed by atoms with E-state index in [4.69, 9.17) is 4.74 Å². The monoisotopic (exact) mass is 390 g/mol. The Morgan fingerprint density at radius 2 is 2.00 bits per heavy atom. The number of ether oxygens (including phenoxy) is 1. The molecule has 1 aromatic heterocycles. The van der Waals surface area contributed by atoms with Gasteiger partial charge in [-0.3, -0.25) is 9.59 Å². The number of carbonyl (C=O) groups excluding carboxylic acids is 1. The number of fused-ring (bicyclic) bond motifs is 1. The van der Waals surface area contributed by atoms with Gasteiger partial charge in [-0.1, -0.05) is 6.58 Å². The van der Waals surface area contributed by atoms with Gasteiger partial charge in [0.25, 0.3) is 5.91 Å². The molecule has 0 saturated heterocycles. The number of rotatable bonds is 4. The summed E-state index contributed by atoms with van der Waals surface area (Å²) in [5.74, 6) is 0.191. The van der Waals surface area contributed by atoms with Gasteiger partial charge in [0.2, 0.25) is 5.56 Å². The number of aromatic amines is 1. The third-order valence-electron chi connectivity index (χ3n) is 5.18. The van der Waals surface area contributed by atoms with Gasteiger partial charge < -0.3 is 15.0 Å². The number of alkyl halides is 3. The second kappa shape index (κ2) is 6.54. The Labute approximate surface area is 158 Å². The molecule has 2 saturated carbocycles. The Balaban J connectivity index is 1.64. The minimum atomic E-state index is -4.60. The van der Waals surface area contributed by atoms with Crippen LogP contribution in [0, 0.1) is 11.8 Å². The first kappa shape index (κ1) is 18.3. The van der Waals surface area contributed by atoms with Crippen LogP contribution in [0.1, 0.15) is 28.8 Å². The maximum atomic E-state index is 13.1. The summed E-state index contributed by atoms with van der Waals surface area (Å²) in [7, 11) is 0. The van der Waals surface area contributed by atoms with Crippen molar-refractivity contribution in [1.82, 2.24) is 4.98 Å². The van der Waals surface area contributed by atoms with Gasteiger partial charge in [0, 0.05) is 18.0 Å². The maximum Gasteiger partial charge on any atom is 0.416 e. The summed E-state index contributed by atoms with van der Waals surface area (Å²) in [4.78, 5) is 26.4. The summed E-state index contributed by atoms with van der Waals surface area (Å²) >= 11 is 0. The minimum absolute atomic E-state index is 0.0581. The van der Waals surface area contributed by atoms with Crippen LogP contribution in [-0.2, 0) is 6.18 Å². The van der Waals surface area contributed by atoms with Crippen LogP contribution in [0.15, 0.2) is 53.5 Å². The average Bonchev–Trinajstić information content (AvgIpc) is 3.32. The molecule has 2 aliphatic rings. The predicted octanol–water partition coefficient (Wildman–Crippen LogP) is 3.99. The molecule has 0 radical (unpaired) electrons. The lowest BCUT2D eigenvalue weighted by atomic mass is 10.1. The Bertz CT molecular complexity index is 1010. The van der Waals surface area contributed by atoms with Gasteiger partial charge in [0.15, 0.2) is 0 Å². The highest BCUT2D eigenvalue weighted by atomic mass is 19.4. The highest BCUT2D eigenvalue weighted by Gasteiger charge is 2.50. The number of hydrogen-bond acceptors (Lipinski definition) is 3. The van der Waals surface area contributed by atoms with Crippen molar-refractivity contribution in [3.63, 3.8) is 0 Å². The second-order valence-electron chi connectivity index (χ2n) is 7.12. The first-order valence-electron chi connectivity index (χ1n) is 8.79. The lowest BCUT2D eigenvalue weighted by Gasteiger charge is -2.20. The molecule has 2 fully saturated rings. The first-order chi connectivity index (χ1) is 13.2. The molecule has 1 aromatic carbocycles. The molecule has 146 valence electrons. The molecule has 2 N–H and O–H groups in total. The number of hydrogen-bond donors (Lipinski definition) is 2. The molecule has 0 spiro atoms. The van der Waals surface area contributed by atoms with E-state index in [1.165, 1.54) is 12.3 Å². The normalized spacial score (nSPS) is 23.2. The molecule has 1 amide bonds. The highest BCUT2D eigenvalue weighted by Crippen LogP contribution is 2.55. The van der Waals surface area contributed by atoms with Gasteiger partial charge in [0.1, 0.15) is 11.9 Å². The van der Waals surface area contributed by atoms with Crippen LogP contribution < -0.4 is 15.6 Å². The standard InChI is InChI=1S/C20H17F3N2O3/c1-10-14-6-11(14)7-17(10)28-16-3-2-12(20(21,22)23)8-15(16)19(27)25-13-4-5-24-18(26)9-13/h2-5,8-9,11,14,17H,1,6-7H2,(H2,24,25,26,27)/t11-,14?,17?/m1/s1. The van der Waals surface area contributed by atoms with Crippen molar-refractivity contribution in [3.8, 4) is 5.75 Å². The van der Waals surface area contributed by atoms with E-state index in [1.54, 1.807) is 0 Å². The Hall–Kier alpha value is -3.03. The van der Waals surface area contributed by atoms with E-state index in [1.807, 2.05) is 0 Å². The molecule has 8 heteroatoms. The molecule has 2 aromatic rings. The molecule has 4 rings (SSSR count). The Morgan fingerprint density at radius 1 is 1.21 bits per heavy atom. The maximum absolute atomic E-state index is 13.1. The molecule has 5 nitrogen and oxygen atoms in total. The first-order valence-corrected chi connectivity index (χ1v) is 8.79. The van der Waals surface area contributed by atoms with Crippen molar-refractivity contribution in [3.05, 3.63) is 70.2 Å². The number of anilines is 1. The van der Waals surface area contributed by atoms with Gasteiger partial charge in [-0.2, -0.15) is 13.2 Å². The molecule has 0 bridgehead atoms. The van der Waals surface area contributed by atoms with Crippen molar-refractivity contribution in [2.75, 3.05) is 5.32 Å². The lowest BCUT2D eigenvalue weighted by molar-refractivity contribution is -0.137. The zero-order valence-corrected chi connectivity index (χ0v) is 14.7. The zero-order valence-electron chi connectivity index (χ0n) is 14.7. The predicted molar refractivity (Wildman–Crippen MR) is 96.2 cm³/mol. The third-order valence-corrected chi connectivity index (χ3v) is 5.18.